The molecular weight excluding hydrogens is 296 g/mol. The number of carbonyl (C=O) groups is 2. The zero-order valence-electron chi connectivity index (χ0n) is 14.0. The molecule has 0 saturated heterocycles. The monoisotopic (exact) mass is 322 g/mol. The molecule has 2 N–H and O–H groups in total. The molecule has 128 valence electrons. The molecule has 0 heterocycles. The molecule has 0 aliphatic heterocycles. The Kier molecular flexibility index (Phi) is 8.11. The molecule has 0 aliphatic rings. The van der Waals surface area contributed by atoms with E-state index in [0.29, 0.717) is 13.0 Å². The number of benzene rings is 1. The van der Waals surface area contributed by atoms with Gasteiger partial charge in [0.25, 0.3) is 0 Å². The van der Waals surface area contributed by atoms with E-state index >= 15 is 0 Å². The Morgan fingerprint density at radius 1 is 1.30 bits per heavy atom. The van der Waals surface area contributed by atoms with E-state index < -0.39 is 6.04 Å². The van der Waals surface area contributed by atoms with E-state index in [1.54, 1.807) is 18.9 Å². The fraction of sp³-hybridized carbons (Fsp3) is 0.529. The van der Waals surface area contributed by atoms with Gasteiger partial charge in [0.05, 0.1) is 13.7 Å². The Balaban J connectivity index is 2.86. The molecule has 1 rings (SSSR count). The van der Waals surface area contributed by atoms with Crippen molar-refractivity contribution in [3.8, 4) is 5.75 Å². The molecule has 23 heavy (non-hydrogen) atoms. The molecule has 0 fully saturated rings. The summed E-state index contributed by atoms with van der Waals surface area (Å²) in [7, 11) is 1.60. The number of aliphatic hydroxyl groups is 1. The van der Waals surface area contributed by atoms with Crippen molar-refractivity contribution in [1.82, 2.24) is 10.2 Å². The normalized spacial score (nSPS) is 11.7. The summed E-state index contributed by atoms with van der Waals surface area (Å²) in [6.07, 6.45) is 1.12. The highest BCUT2D eigenvalue weighted by molar-refractivity contribution is 5.87. The third-order valence-electron chi connectivity index (χ3n) is 3.55. The minimum Gasteiger partial charge on any atom is -0.497 e. The molecule has 1 aromatic carbocycles. The van der Waals surface area contributed by atoms with Crippen molar-refractivity contribution in [2.24, 2.45) is 0 Å². The third-order valence-corrected chi connectivity index (χ3v) is 3.55. The lowest BCUT2D eigenvalue weighted by Gasteiger charge is -2.28. The van der Waals surface area contributed by atoms with Crippen LogP contribution in [0, 0.1) is 0 Å². The number of aliphatic hydroxyl groups excluding tert-OH is 1. The molecule has 1 aromatic rings. The van der Waals surface area contributed by atoms with Crippen LogP contribution in [0.3, 0.4) is 0 Å². The smallest absolute Gasteiger partial charge is 0.242 e. The number of rotatable bonds is 9. The van der Waals surface area contributed by atoms with Gasteiger partial charge < -0.3 is 20.1 Å². The number of ether oxygens (including phenoxy) is 1. The average molecular weight is 322 g/mol. The van der Waals surface area contributed by atoms with Gasteiger partial charge in [-0.05, 0) is 31.0 Å². The van der Waals surface area contributed by atoms with Crippen LogP contribution in [0.25, 0.3) is 0 Å². The summed E-state index contributed by atoms with van der Waals surface area (Å²) in [5.74, 6) is 0.418. The van der Waals surface area contributed by atoms with Crippen LogP contribution in [-0.4, -0.2) is 48.1 Å². The minimum absolute atomic E-state index is 0.0602. The number of amides is 2. The highest BCUT2D eigenvalue weighted by Crippen LogP contribution is 2.15. The molecule has 0 aliphatic carbocycles. The summed E-state index contributed by atoms with van der Waals surface area (Å²) in [5, 5.41) is 11.4. The first-order valence-electron chi connectivity index (χ1n) is 7.84. The van der Waals surface area contributed by atoms with Crippen LogP contribution in [0.2, 0.25) is 0 Å². The molecular formula is C17H26N2O4. The van der Waals surface area contributed by atoms with E-state index in [-0.39, 0.29) is 25.0 Å². The second-order valence-electron chi connectivity index (χ2n) is 5.31. The summed E-state index contributed by atoms with van der Waals surface area (Å²) >= 11 is 0. The quantitative estimate of drug-likeness (QED) is 0.719. The standard InChI is InChI=1S/C17H26N2O4/c1-4-5-16(21)19(13(2)17(22)18-10-11-20)12-14-6-8-15(23-3)9-7-14/h6-9,13,20H,4-5,10-12H2,1-3H3,(H,18,22). The molecule has 2 amide bonds. The Bertz CT molecular complexity index is 502. The van der Waals surface area contributed by atoms with E-state index in [0.717, 1.165) is 17.7 Å². The van der Waals surface area contributed by atoms with Gasteiger partial charge in [0.15, 0.2) is 0 Å². The van der Waals surface area contributed by atoms with Gasteiger partial charge in [-0.1, -0.05) is 19.1 Å². The number of carbonyl (C=O) groups excluding carboxylic acids is 2. The van der Waals surface area contributed by atoms with Crippen LogP contribution in [0.4, 0.5) is 0 Å². The SMILES string of the molecule is CCCC(=O)N(Cc1ccc(OC)cc1)C(C)C(=O)NCCO. The van der Waals surface area contributed by atoms with Crippen LogP contribution in [-0.2, 0) is 16.1 Å². The highest BCUT2D eigenvalue weighted by Gasteiger charge is 2.25. The first-order chi connectivity index (χ1) is 11.0. The van der Waals surface area contributed by atoms with Crippen molar-refractivity contribution in [2.75, 3.05) is 20.3 Å². The van der Waals surface area contributed by atoms with Crippen LogP contribution >= 0.6 is 0 Å². The van der Waals surface area contributed by atoms with E-state index in [1.807, 2.05) is 31.2 Å². The van der Waals surface area contributed by atoms with Gasteiger partial charge in [-0.15, -0.1) is 0 Å². The largest absolute Gasteiger partial charge is 0.497 e. The van der Waals surface area contributed by atoms with Gasteiger partial charge in [0, 0.05) is 19.5 Å². The van der Waals surface area contributed by atoms with Gasteiger partial charge >= 0.3 is 0 Å². The molecule has 1 atom stereocenters. The van der Waals surface area contributed by atoms with Crippen molar-refractivity contribution in [1.29, 1.82) is 0 Å². The average Bonchev–Trinajstić information content (AvgIpc) is 2.57. The summed E-state index contributed by atoms with van der Waals surface area (Å²) < 4.78 is 5.12. The van der Waals surface area contributed by atoms with Crippen molar-refractivity contribution < 1.29 is 19.4 Å². The number of hydrogen-bond acceptors (Lipinski definition) is 4. The summed E-state index contributed by atoms with van der Waals surface area (Å²) in [6, 6.07) is 6.82. The zero-order chi connectivity index (χ0) is 17.2. The predicted molar refractivity (Wildman–Crippen MR) is 88.0 cm³/mol. The van der Waals surface area contributed by atoms with Gasteiger partial charge in [0.2, 0.25) is 11.8 Å². The Morgan fingerprint density at radius 3 is 2.48 bits per heavy atom. The molecule has 0 saturated carbocycles. The Hall–Kier alpha value is -2.08. The van der Waals surface area contributed by atoms with E-state index in [4.69, 9.17) is 9.84 Å². The van der Waals surface area contributed by atoms with Crippen molar-refractivity contribution in [2.45, 2.75) is 39.3 Å². The number of hydrogen-bond donors (Lipinski definition) is 2. The van der Waals surface area contributed by atoms with Gasteiger partial charge in [-0.2, -0.15) is 0 Å². The first-order valence-corrected chi connectivity index (χ1v) is 7.84. The lowest BCUT2D eigenvalue weighted by atomic mass is 10.1. The maximum Gasteiger partial charge on any atom is 0.242 e. The van der Waals surface area contributed by atoms with Gasteiger partial charge in [0.1, 0.15) is 11.8 Å². The minimum atomic E-state index is -0.595. The topological polar surface area (TPSA) is 78.9 Å². The van der Waals surface area contributed by atoms with Crippen LogP contribution in [0.15, 0.2) is 24.3 Å². The summed E-state index contributed by atoms with van der Waals surface area (Å²) in [6.45, 7) is 4.04. The predicted octanol–water partition coefficient (Wildman–Crippen LogP) is 1.32. The number of methoxy groups -OCH3 is 1. The number of nitrogens with one attached hydrogen (secondary N) is 1. The third kappa shape index (κ3) is 5.90. The maximum absolute atomic E-state index is 12.4. The second kappa shape index (κ2) is 9.84. The fourth-order valence-electron chi connectivity index (χ4n) is 2.19. The van der Waals surface area contributed by atoms with Crippen molar-refractivity contribution >= 4 is 11.8 Å². The molecule has 0 radical (unpaired) electrons. The highest BCUT2D eigenvalue weighted by atomic mass is 16.5. The van der Waals surface area contributed by atoms with Gasteiger partial charge in [-0.25, -0.2) is 0 Å². The van der Waals surface area contributed by atoms with E-state index in [9.17, 15) is 9.59 Å². The number of nitrogens with zero attached hydrogens (tertiary/aromatic N) is 1. The fourth-order valence-corrected chi connectivity index (χ4v) is 2.19. The molecule has 6 heteroatoms. The lowest BCUT2D eigenvalue weighted by Crippen LogP contribution is -2.48. The second-order valence-corrected chi connectivity index (χ2v) is 5.31. The Labute approximate surface area is 137 Å². The molecule has 0 spiro atoms. The van der Waals surface area contributed by atoms with E-state index in [2.05, 4.69) is 5.32 Å². The van der Waals surface area contributed by atoms with Crippen molar-refractivity contribution in [3.63, 3.8) is 0 Å². The summed E-state index contributed by atoms with van der Waals surface area (Å²) in [4.78, 5) is 26.0. The molecule has 6 nitrogen and oxygen atoms in total. The maximum atomic E-state index is 12.4. The zero-order valence-corrected chi connectivity index (χ0v) is 14.0. The van der Waals surface area contributed by atoms with Crippen LogP contribution < -0.4 is 10.1 Å². The Morgan fingerprint density at radius 2 is 1.96 bits per heavy atom. The lowest BCUT2D eigenvalue weighted by molar-refractivity contribution is -0.140. The molecule has 0 aromatic heterocycles. The first kappa shape index (κ1) is 19.0. The van der Waals surface area contributed by atoms with E-state index in [1.165, 1.54) is 0 Å². The molecule has 0 bridgehead atoms. The van der Waals surface area contributed by atoms with Gasteiger partial charge in [-0.3, -0.25) is 9.59 Å². The van der Waals surface area contributed by atoms with Crippen molar-refractivity contribution in [3.05, 3.63) is 29.8 Å². The molecule has 1 unspecified atom stereocenters. The van der Waals surface area contributed by atoms with Crippen LogP contribution in [0.1, 0.15) is 32.3 Å². The summed E-state index contributed by atoms with van der Waals surface area (Å²) in [5.41, 5.74) is 0.928. The van der Waals surface area contributed by atoms with Crippen LogP contribution in [0.5, 0.6) is 5.75 Å².